The van der Waals surface area contributed by atoms with Crippen molar-refractivity contribution in [1.29, 1.82) is 0 Å². The van der Waals surface area contributed by atoms with Crippen LogP contribution >= 0.6 is 0 Å². The number of aromatic nitrogens is 2. The summed E-state index contributed by atoms with van der Waals surface area (Å²) < 4.78 is 57.0. The molecule has 1 aliphatic carbocycles. The van der Waals surface area contributed by atoms with Crippen LogP contribution in [0.5, 0.6) is 0 Å². The van der Waals surface area contributed by atoms with E-state index in [-0.39, 0.29) is 18.0 Å². The van der Waals surface area contributed by atoms with Gasteiger partial charge in [-0.05, 0) is 52.4 Å². The van der Waals surface area contributed by atoms with E-state index in [0.29, 0.717) is 13.5 Å². The zero-order valence-corrected chi connectivity index (χ0v) is 15.8. The lowest BCUT2D eigenvalue weighted by molar-refractivity contribution is 0.00559. The molecule has 0 spiro atoms. The van der Waals surface area contributed by atoms with Gasteiger partial charge >= 0.3 is 11.9 Å². The van der Waals surface area contributed by atoms with Gasteiger partial charge in [0, 0.05) is 19.5 Å². The van der Waals surface area contributed by atoms with Crippen molar-refractivity contribution >= 4 is 16.0 Å². The molecule has 1 heterocycles. The molecule has 1 aromatic heterocycles. The highest BCUT2D eigenvalue weighted by atomic mass is 32.2. The summed E-state index contributed by atoms with van der Waals surface area (Å²) in [6, 6.07) is 0.0441. The normalized spacial score (nSPS) is 22.8. The number of hydrogen-bond donors (Lipinski definition) is 2. The summed E-state index contributed by atoms with van der Waals surface area (Å²) in [4.78, 5) is 3.66. The van der Waals surface area contributed by atoms with Gasteiger partial charge in [0.15, 0.2) is 0 Å². The number of anilines is 1. The molecule has 0 aliphatic heterocycles. The molecular formula is C15H26F2N4O3S. The monoisotopic (exact) mass is 380 g/mol. The fourth-order valence-corrected chi connectivity index (χ4v) is 3.48. The quantitative estimate of drug-likeness (QED) is 0.788. The van der Waals surface area contributed by atoms with Gasteiger partial charge in [0.1, 0.15) is 0 Å². The van der Waals surface area contributed by atoms with Gasteiger partial charge in [-0.15, -0.1) is 0 Å². The fraction of sp³-hybridized carbons (Fsp3) is 0.867. The molecule has 0 saturated heterocycles. The lowest BCUT2D eigenvalue weighted by Gasteiger charge is -2.29. The number of hydrogen-bond acceptors (Lipinski definition) is 6. The Morgan fingerprint density at radius 1 is 1.16 bits per heavy atom. The highest BCUT2D eigenvalue weighted by Gasteiger charge is 2.32. The lowest BCUT2D eigenvalue weighted by Crippen LogP contribution is -2.42. The fourth-order valence-electron chi connectivity index (χ4n) is 2.59. The summed E-state index contributed by atoms with van der Waals surface area (Å²) in [6.45, 7) is 6.11. The first-order chi connectivity index (χ1) is 11.4. The van der Waals surface area contributed by atoms with Crippen molar-refractivity contribution in [3.63, 3.8) is 0 Å². The minimum atomic E-state index is -3.34. The summed E-state index contributed by atoms with van der Waals surface area (Å²) in [5.74, 6) is -3.51. The second kappa shape index (κ2) is 7.14. The summed E-state index contributed by atoms with van der Waals surface area (Å²) in [5, 5.41) is 6.25. The van der Waals surface area contributed by atoms with Crippen molar-refractivity contribution in [2.24, 2.45) is 5.92 Å². The van der Waals surface area contributed by atoms with Crippen molar-refractivity contribution in [1.82, 2.24) is 14.9 Å². The Balaban J connectivity index is 1.79. The highest BCUT2D eigenvalue weighted by Crippen LogP contribution is 2.28. The lowest BCUT2D eigenvalue weighted by atomic mass is 9.86. The third kappa shape index (κ3) is 5.34. The van der Waals surface area contributed by atoms with Crippen LogP contribution in [0.4, 0.5) is 14.8 Å². The van der Waals surface area contributed by atoms with Crippen molar-refractivity contribution in [2.45, 2.75) is 70.1 Å². The van der Waals surface area contributed by atoms with E-state index in [2.05, 4.69) is 20.2 Å². The number of sulfonamides is 1. The third-order valence-corrected chi connectivity index (χ3v) is 6.52. The maximum absolute atomic E-state index is 13.1. The van der Waals surface area contributed by atoms with E-state index >= 15 is 0 Å². The second-order valence-electron chi connectivity index (χ2n) is 7.64. The molecule has 1 fully saturated rings. The Bertz CT molecular complexity index is 672. The summed E-state index contributed by atoms with van der Waals surface area (Å²) >= 11 is 0. The van der Waals surface area contributed by atoms with Gasteiger partial charge in [-0.2, -0.15) is 13.8 Å². The molecule has 2 N–H and O–H groups in total. The molecule has 0 aromatic carbocycles. The SMILES string of the molecule is CC(F)(F)c1noc(N[C@H]2CC[C@H](CNS(=O)(=O)C(C)(C)C)CC2)n1. The van der Waals surface area contributed by atoms with Crippen molar-refractivity contribution in [3.05, 3.63) is 5.82 Å². The van der Waals surface area contributed by atoms with Gasteiger partial charge in [0.05, 0.1) is 4.75 Å². The number of halogens is 2. The summed E-state index contributed by atoms with van der Waals surface area (Å²) in [7, 11) is -3.34. The molecule has 144 valence electrons. The third-order valence-electron chi connectivity index (χ3n) is 4.36. The number of rotatable bonds is 6. The molecule has 0 radical (unpaired) electrons. The van der Waals surface area contributed by atoms with E-state index in [1.165, 1.54) is 0 Å². The van der Waals surface area contributed by atoms with Crippen LogP contribution in [0, 0.1) is 5.92 Å². The summed E-state index contributed by atoms with van der Waals surface area (Å²) in [5.41, 5.74) is 0. The predicted molar refractivity (Wildman–Crippen MR) is 89.9 cm³/mol. The maximum atomic E-state index is 13.1. The Morgan fingerprint density at radius 3 is 2.24 bits per heavy atom. The minimum absolute atomic E-state index is 0.00610. The van der Waals surface area contributed by atoms with Crippen molar-refractivity contribution in [3.8, 4) is 0 Å². The average Bonchev–Trinajstić information content (AvgIpc) is 2.94. The molecule has 0 atom stereocenters. The molecule has 1 aromatic rings. The van der Waals surface area contributed by atoms with Gasteiger partial charge in [0.2, 0.25) is 15.8 Å². The highest BCUT2D eigenvalue weighted by molar-refractivity contribution is 7.90. The molecule has 0 bridgehead atoms. The first-order valence-corrected chi connectivity index (χ1v) is 9.84. The maximum Gasteiger partial charge on any atom is 0.321 e. The Labute approximate surface area is 147 Å². The molecule has 0 amide bonds. The van der Waals surface area contributed by atoms with Crippen LogP contribution in [0.3, 0.4) is 0 Å². The van der Waals surface area contributed by atoms with Gasteiger partial charge in [0.25, 0.3) is 0 Å². The first-order valence-electron chi connectivity index (χ1n) is 8.36. The minimum Gasteiger partial charge on any atom is -0.335 e. The number of nitrogens with one attached hydrogen (secondary N) is 2. The van der Waals surface area contributed by atoms with Crippen LogP contribution in [-0.4, -0.2) is 35.9 Å². The number of alkyl halides is 2. The van der Waals surface area contributed by atoms with Crippen molar-refractivity contribution < 1.29 is 21.7 Å². The Kier molecular flexibility index (Phi) is 5.72. The standard InChI is InChI=1S/C15H26F2N4O3S/c1-14(2,3)25(22,23)18-9-10-5-7-11(8-6-10)19-13-20-12(21-24-13)15(4,16)17/h10-11,18H,5-9H2,1-4H3,(H,19,20,21)/t10-,11-. The van der Waals surface area contributed by atoms with Crippen molar-refractivity contribution in [2.75, 3.05) is 11.9 Å². The van der Waals surface area contributed by atoms with Crippen LogP contribution < -0.4 is 10.0 Å². The molecule has 1 saturated carbocycles. The van der Waals surface area contributed by atoms with E-state index in [9.17, 15) is 17.2 Å². The number of nitrogens with zero attached hydrogens (tertiary/aromatic N) is 2. The largest absolute Gasteiger partial charge is 0.335 e. The smallest absolute Gasteiger partial charge is 0.321 e. The first kappa shape index (κ1) is 20.0. The van der Waals surface area contributed by atoms with Gasteiger partial charge in [-0.25, -0.2) is 13.1 Å². The van der Waals surface area contributed by atoms with Crippen LogP contribution in [0.2, 0.25) is 0 Å². The molecular weight excluding hydrogens is 354 g/mol. The molecule has 2 rings (SSSR count). The topological polar surface area (TPSA) is 97.1 Å². The zero-order valence-electron chi connectivity index (χ0n) is 15.0. The van der Waals surface area contributed by atoms with E-state index in [1.807, 2.05) is 0 Å². The van der Waals surface area contributed by atoms with E-state index in [4.69, 9.17) is 4.52 Å². The van der Waals surface area contributed by atoms with E-state index in [1.54, 1.807) is 20.8 Å². The average molecular weight is 380 g/mol. The van der Waals surface area contributed by atoms with Gasteiger partial charge in [-0.3, -0.25) is 0 Å². The van der Waals surface area contributed by atoms with Crippen LogP contribution in [0.15, 0.2) is 4.52 Å². The van der Waals surface area contributed by atoms with Crippen LogP contribution in [-0.2, 0) is 15.9 Å². The molecule has 25 heavy (non-hydrogen) atoms. The van der Waals surface area contributed by atoms with Crippen LogP contribution in [0.25, 0.3) is 0 Å². The van der Waals surface area contributed by atoms with Crippen LogP contribution in [0.1, 0.15) is 59.2 Å². The van der Waals surface area contributed by atoms with Gasteiger partial charge in [-0.1, -0.05) is 5.16 Å². The van der Waals surface area contributed by atoms with E-state index < -0.39 is 26.5 Å². The molecule has 7 nitrogen and oxygen atoms in total. The molecule has 10 heteroatoms. The molecule has 0 unspecified atom stereocenters. The predicted octanol–water partition coefficient (Wildman–Crippen LogP) is 2.87. The van der Waals surface area contributed by atoms with E-state index in [0.717, 1.165) is 25.7 Å². The zero-order chi connectivity index (χ0) is 18.9. The summed E-state index contributed by atoms with van der Waals surface area (Å²) in [6.07, 6.45) is 3.22. The Morgan fingerprint density at radius 2 is 1.76 bits per heavy atom. The molecule has 1 aliphatic rings. The van der Waals surface area contributed by atoms with Gasteiger partial charge < -0.3 is 9.84 Å². The second-order valence-corrected chi connectivity index (χ2v) is 10.2. The Hall–Kier alpha value is -1.29.